The van der Waals surface area contributed by atoms with Crippen molar-refractivity contribution in [3.05, 3.63) is 47.5 Å². The van der Waals surface area contributed by atoms with Crippen molar-refractivity contribution in [1.29, 1.82) is 5.26 Å². The molecule has 2 aliphatic heterocycles. The number of ether oxygens (including phenoxy) is 2. The number of rotatable bonds is 4. The number of nitrogens with zero attached hydrogens (tertiary/aromatic N) is 4. The molecule has 1 saturated heterocycles. The average molecular weight is 403 g/mol. The molecule has 152 valence electrons. The highest BCUT2D eigenvalue weighted by Crippen LogP contribution is 2.33. The van der Waals surface area contributed by atoms with E-state index in [-0.39, 0.29) is 12.9 Å². The number of aromatic nitrogens is 2. The van der Waals surface area contributed by atoms with E-state index >= 15 is 0 Å². The lowest BCUT2D eigenvalue weighted by atomic mass is 10.1. The predicted octanol–water partition coefficient (Wildman–Crippen LogP) is 2.80. The Kier molecular flexibility index (Phi) is 4.73. The molecule has 0 bridgehead atoms. The van der Waals surface area contributed by atoms with Crippen molar-refractivity contribution in [3.8, 4) is 17.6 Å². The fourth-order valence-corrected chi connectivity index (χ4v) is 3.76. The Morgan fingerprint density at radius 2 is 1.93 bits per heavy atom. The zero-order valence-corrected chi connectivity index (χ0v) is 16.3. The molecule has 2 N–H and O–H groups in total. The molecule has 0 spiro atoms. The van der Waals surface area contributed by atoms with Crippen LogP contribution in [0.4, 0.5) is 11.8 Å². The largest absolute Gasteiger partial charge is 0.454 e. The molecule has 1 fully saturated rings. The van der Waals surface area contributed by atoms with Gasteiger partial charge in [0.15, 0.2) is 11.5 Å². The van der Waals surface area contributed by atoms with E-state index in [0.717, 1.165) is 28.0 Å². The second-order valence-corrected chi connectivity index (χ2v) is 7.48. The van der Waals surface area contributed by atoms with Gasteiger partial charge in [-0.25, -0.2) is 4.98 Å². The average Bonchev–Trinajstić information content (AvgIpc) is 3.25. The fourth-order valence-electron chi connectivity index (χ4n) is 3.76. The molecule has 5 rings (SSSR count). The molecule has 0 unspecified atom stereocenters. The number of nitriles is 1. The molecule has 0 atom stereocenters. The summed E-state index contributed by atoms with van der Waals surface area (Å²) in [5.41, 5.74) is 2.37. The normalized spacial score (nSPS) is 15.9. The van der Waals surface area contributed by atoms with E-state index < -0.39 is 0 Å². The van der Waals surface area contributed by atoms with E-state index in [0.29, 0.717) is 49.8 Å². The van der Waals surface area contributed by atoms with Crippen molar-refractivity contribution in [2.75, 3.05) is 30.1 Å². The Bertz CT molecular complexity index is 1140. The molecule has 8 heteroatoms. The van der Waals surface area contributed by atoms with Gasteiger partial charge in [-0.2, -0.15) is 10.2 Å². The van der Waals surface area contributed by atoms with Crippen molar-refractivity contribution < 1.29 is 14.6 Å². The smallest absolute Gasteiger partial charge is 0.231 e. The Morgan fingerprint density at radius 1 is 1.10 bits per heavy atom. The molecule has 1 aromatic heterocycles. The quantitative estimate of drug-likeness (QED) is 0.685. The maximum absolute atomic E-state index is 9.81. The summed E-state index contributed by atoms with van der Waals surface area (Å²) in [7, 11) is 0. The number of aliphatic hydroxyl groups is 1. The van der Waals surface area contributed by atoms with Crippen molar-refractivity contribution >= 4 is 22.7 Å². The van der Waals surface area contributed by atoms with Gasteiger partial charge < -0.3 is 24.8 Å². The highest BCUT2D eigenvalue weighted by atomic mass is 16.7. The summed E-state index contributed by atoms with van der Waals surface area (Å²) in [6, 6.07) is 13.4. The Balaban J connectivity index is 1.47. The number of hydrogen-bond acceptors (Lipinski definition) is 8. The van der Waals surface area contributed by atoms with Gasteiger partial charge in [-0.05, 0) is 48.7 Å². The van der Waals surface area contributed by atoms with E-state index in [9.17, 15) is 10.4 Å². The zero-order valence-electron chi connectivity index (χ0n) is 16.3. The van der Waals surface area contributed by atoms with Gasteiger partial charge in [0, 0.05) is 25.0 Å². The van der Waals surface area contributed by atoms with Crippen molar-refractivity contribution in [3.63, 3.8) is 0 Å². The molecular weight excluding hydrogens is 382 g/mol. The highest BCUT2D eigenvalue weighted by Gasteiger charge is 2.21. The van der Waals surface area contributed by atoms with Crippen molar-refractivity contribution in [2.45, 2.75) is 25.5 Å². The Hall–Kier alpha value is -3.57. The number of fused-ring (bicyclic) bond motifs is 2. The highest BCUT2D eigenvalue weighted by molar-refractivity contribution is 5.91. The van der Waals surface area contributed by atoms with Crippen LogP contribution in [0.3, 0.4) is 0 Å². The first-order chi connectivity index (χ1) is 14.7. The number of aliphatic hydroxyl groups excluding tert-OH is 1. The summed E-state index contributed by atoms with van der Waals surface area (Å²) in [6.45, 7) is 2.21. The third-order valence-corrected chi connectivity index (χ3v) is 5.46. The van der Waals surface area contributed by atoms with Gasteiger partial charge in [0.1, 0.15) is 5.82 Å². The number of benzene rings is 2. The van der Waals surface area contributed by atoms with Crippen LogP contribution < -0.4 is 19.7 Å². The van der Waals surface area contributed by atoms with Crippen LogP contribution >= 0.6 is 0 Å². The van der Waals surface area contributed by atoms with Crippen LogP contribution in [0.25, 0.3) is 10.9 Å². The van der Waals surface area contributed by atoms with Crippen LogP contribution in [0.5, 0.6) is 11.5 Å². The predicted molar refractivity (Wildman–Crippen MR) is 112 cm³/mol. The first-order valence-corrected chi connectivity index (χ1v) is 9.97. The summed E-state index contributed by atoms with van der Waals surface area (Å²) in [5, 5.41) is 23.3. The Morgan fingerprint density at radius 3 is 2.77 bits per heavy atom. The number of piperidine rings is 1. The van der Waals surface area contributed by atoms with Crippen LogP contribution in [0, 0.1) is 11.3 Å². The molecule has 3 aromatic rings. The van der Waals surface area contributed by atoms with E-state index in [1.54, 1.807) is 12.1 Å². The second-order valence-electron chi connectivity index (χ2n) is 7.48. The molecule has 0 radical (unpaired) electrons. The summed E-state index contributed by atoms with van der Waals surface area (Å²) in [4.78, 5) is 11.6. The van der Waals surface area contributed by atoms with Gasteiger partial charge >= 0.3 is 0 Å². The SMILES string of the molecule is N#Cc1ccc2nc(N3CCC(O)CC3)nc(NCc3ccc4c(c3)OCO4)c2c1. The number of nitrogens with one attached hydrogen (secondary N) is 1. The van der Waals surface area contributed by atoms with Gasteiger partial charge in [-0.3, -0.25) is 0 Å². The lowest BCUT2D eigenvalue weighted by Gasteiger charge is -2.30. The van der Waals surface area contributed by atoms with E-state index in [1.807, 2.05) is 24.3 Å². The summed E-state index contributed by atoms with van der Waals surface area (Å²) >= 11 is 0. The molecule has 3 heterocycles. The standard InChI is InChI=1S/C22H21N5O3/c23-11-14-1-3-18-17(9-14)21(26-22(25-18)27-7-5-16(28)6-8-27)24-12-15-2-4-19-20(10-15)30-13-29-19/h1-4,9-10,16,28H,5-8,12-13H2,(H,24,25,26). The van der Waals surface area contributed by atoms with Crippen molar-refractivity contribution in [1.82, 2.24) is 9.97 Å². The van der Waals surface area contributed by atoms with Gasteiger partial charge in [-0.15, -0.1) is 0 Å². The maximum Gasteiger partial charge on any atom is 0.231 e. The molecule has 0 aliphatic carbocycles. The molecule has 2 aromatic carbocycles. The molecule has 0 amide bonds. The lowest BCUT2D eigenvalue weighted by molar-refractivity contribution is 0.145. The molecule has 2 aliphatic rings. The fraction of sp³-hybridized carbons (Fsp3) is 0.318. The Labute approximate surface area is 173 Å². The first kappa shape index (κ1) is 18.5. The molecule has 30 heavy (non-hydrogen) atoms. The number of anilines is 2. The van der Waals surface area contributed by atoms with E-state index in [4.69, 9.17) is 19.4 Å². The molecular formula is C22H21N5O3. The zero-order chi connectivity index (χ0) is 20.5. The van der Waals surface area contributed by atoms with Gasteiger partial charge in [0.2, 0.25) is 12.7 Å². The van der Waals surface area contributed by atoms with Crippen LogP contribution in [-0.4, -0.2) is 41.1 Å². The summed E-state index contributed by atoms with van der Waals surface area (Å²) < 4.78 is 10.8. The third-order valence-electron chi connectivity index (χ3n) is 5.46. The topological polar surface area (TPSA) is 104 Å². The van der Waals surface area contributed by atoms with Gasteiger partial charge in [0.05, 0.1) is 23.3 Å². The van der Waals surface area contributed by atoms with Crippen LogP contribution in [-0.2, 0) is 6.54 Å². The monoisotopic (exact) mass is 403 g/mol. The second kappa shape index (κ2) is 7.69. The van der Waals surface area contributed by atoms with Crippen LogP contribution in [0.2, 0.25) is 0 Å². The number of hydrogen-bond donors (Lipinski definition) is 2. The third kappa shape index (κ3) is 3.55. The van der Waals surface area contributed by atoms with Gasteiger partial charge in [-0.1, -0.05) is 6.07 Å². The molecule has 8 nitrogen and oxygen atoms in total. The van der Waals surface area contributed by atoms with Gasteiger partial charge in [0.25, 0.3) is 0 Å². The molecule has 0 saturated carbocycles. The summed E-state index contributed by atoms with van der Waals surface area (Å²) in [5.74, 6) is 2.80. The maximum atomic E-state index is 9.81. The summed E-state index contributed by atoms with van der Waals surface area (Å²) in [6.07, 6.45) is 1.15. The minimum Gasteiger partial charge on any atom is -0.454 e. The van der Waals surface area contributed by atoms with Crippen LogP contribution in [0.15, 0.2) is 36.4 Å². The van der Waals surface area contributed by atoms with Crippen molar-refractivity contribution in [2.24, 2.45) is 0 Å². The minimum atomic E-state index is -0.261. The van der Waals surface area contributed by atoms with E-state index in [1.165, 1.54) is 0 Å². The van der Waals surface area contributed by atoms with Crippen LogP contribution in [0.1, 0.15) is 24.0 Å². The van der Waals surface area contributed by atoms with E-state index in [2.05, 4.69) is 16.3 Å². The first-order valence-electron chi connectivity index (χ1n) is 9.97. The minimum absolute atomic E-state index is 0.244. The lowest BCUT2D eigenvalue weighted by Crippen LogP contribution is -2.37.